The van der Waals surface area contributed by atoms with Crippen LogP contribution in [0.1, 0.15) is 17.0 Å². The molecule has 0 saturated heterocycles. The Morgan fingerprint density at radius 3 is 2.43 bits per heavy atom. The van der Waals surface area contributed by atoms with Crippen LogP contribution in [0.4, 0.5) is 11.5 Å². The molecule has 0 aliphatic carbocycles. The molecule has 0 amide bonds. The highest BCUT2D eigenvalue weighted by atomic mass is 15.4. The standard InChI is InChI=1S/C16H17N5/c1-11-4-6-14(7-5-11)19-15-10-13(3)20-21(15)16-17-9-8-12(2)18-16/h4-10,19H,1-3H3. The van der Waals surface area contributed by atoms with E-state index < -0.39 is 0 Å². The van der Waals surface area contributed by atoms with E-state index in [2.05, 4.69) is 39.4 Å². The third-order valence-electron chi connectivity index (χ3n) is 3.13. The van der Waals surface area contributed by atoms with Gasteiger partial charge in [-0.1, -0.05) is 17.7 Å². The Bertz CT molecular complexity index is 759. The van der Waals surface area contributed by atoms with Gasteiger partial charge in [-0.2, -0.15) is 9.78 Å². The van der Waals surface area contributed by atoms with Crippen molar-refractivity contribution in [3.63, 3.8) is 0 Å². The summed E-state index contributed by atoms with van der Waals surface area (Å²) in [6.45, 7) is 5.96. The van der Waals surface area contributed by atoms with Crippen LogP contribution in [0.5, 0.6) is 0 Å². The van der Waals surface area contributed by atoms with Crippen molar-refractivity contribution in [2.24, 2.45) is 0 Å². The number of hydrogen-bond acceptors (Lipinski definition) is 4. The van der Waals surface area contributed by atoms with Crippen LogP contribution in [0.25, 0.3) is 5.95 Å². The summed E-state index contributed by atoms with van der Waals surface area (Å²) >= 11 is 0. The van der Waals surface area contributed by atoms with Crippen LogP contribution in [0.3, 0.4) is 0 Å². The number of rotatable bonds is 3. The third-order valence-corrected chi connectivity index (χ3v) is 3.13. The van der Waals surface area contributed by atoms with Crippen molar-refractivity contribution in [1.29, 1.82) is 0 Å². The highest BCUT2D eigenvalue weighted by molar-refractivity contribution is 5.58. The molecular weight excluding hydrogens is 262 g/mol. The molecule has 0 spiro atoms. The van der Waals surface area contributed by atoms with Crippen LogP contribution < -0.4 is 5.32 Å². The third kappa shape index (κ3) is 2.91. The Morgan fingerprint density at radius 2 is 1.71 bits per heavy atom. The van der Waals surface area contributed by atoms with Gasteiger partial charge in [-0.3, -0.25) is 0 Å². The van der Waals surface area contributed by atoms with Crippen LogP contribution in [-0.4, -0.2) is 19.7 Å². The van der Waals surface area contributed by atoms with Gasteiger partial charge in [-0.15, -0.1) is 0 Å². The highest BCUT2D eigenvalue weighted by Gasteiger charge is 2.10. The summed E-state index contributed by atoms with van der Waals surface area (Å²) in [5.41, 5.74) is 4.06. The largest absolute Gasteiger partial charge is 0.340 e. The Morgan fingerprint density at radius 1 is 0.952 bits per heavy atom. The van der Waals surface area contributed by atoms with Crippen LogP contribution >= 0.6 is 0 Å². The zero-order valence-electron chi connectivity index (χ0n) is 12.3. The molecule has 5 heteroatoms. The van der Waals surface area contributed by atoms with E-state index in [1.807, 2.05) is 38.1 Å². The van der Waals surface area contributed by atoms with Gasteiger partial charge in [0, 0.05) is 23.6 Å². The first kappa shape index (κ1) is 13.3. The smallest absolute Gasteiger partial charge is 0.252 e. The molecule has 1 aromatic carbocycles. The van der Waals surface area contributed by atoms with Gasteiger partial charge in [0.1, 0.15) is 5.82 Å². The van der Waals surface area contributed by atoms with Gasteiger partial charge in [0.2, 0.25) is 0 Å². The summed E-state index contributed by atoms with van der Waals surface area (Å²) in [7, 11) is 0. The molecule has 0 saturated carbocycles. The molecule has 0 bridgehead atoms. The topological polar surface area (TPSA) is 55.6 Å². The summed E-state index contributed by atoms with van der Waals surface area (Å²) in [6, 6.07) is 12.1. The molecule has 0 fully saturated rings. The van der Waals surface area contributed by atoms with E-state index in [-0.39, 0.29) is 0 Å². The maximum atomic E-state index is 4.46. The summed E-state index contributed by atoms with van der Waals surface area (Å²) in [5.74, 6) is 1.42. The SMILES string of the molecule is Cc1ccc(Nc2cc(C)nn2-c2nccc(C)n2)cc1. The van der Waals surface area contributed by atoms with Crippen LogP contribution in [0.2, 0.25) is 0 Å². The van der Waals surface area contributed by atoms with Gasteiger partial charge in [-0.25, -0.2) is 9.97 Å². The van der Waals surface area contributed by atoms with Crippen molar-refractivity contribution in [2.75, 3.05) is 5.32 Å². The fraction of sp³-hybridized carbons (Fsp3) is 0.188. The van der Waals surface area contributed by atoms with Crippen LogP contribution in [0, 0.1) is 20.8 Å². The van der Waals surface area contributed by atoms with E-state index in [9.17, 15) is 0 Å². The second-order valence-corrected chi connectivity index (χ2v) is 5.07. The van der Waals surface area contributed by atoms with Gasteiger partial charge < -0.3 is 5.32 Å². The van der Waals surface area contributed by atoms with Crippen molar-refractivity contribution in [3.8, 4) is 5.95 Å². The van der Waals surface area contributed by atoms with E-state index in [1.165, 1.54) is 5.56 Å². The lowest BCUT2D eigenvalue weighted by Crippen LogP contribution is -2.07. The first-order chi connectivity index (χ1) is 10.1. The fourth-order valence-corrected chi connectivity index (χ4v) is 2.06. The number of aromatic nitrogens is 4. The number of nitrogens with zero attached hydrogens (tertiary/aromatic N) is 4. The van der Waals surface area contributed by atoms with Gasteiger partial charge >= 0.3 is 0 Å². The summed E-state index contributed by atoms with van der Waals surface area (Å²) < 4.78 is 1.72. The zero-order valence-corrected chi connectivity index (χ0v) is 12.3. The molecule has 0 unspecified atom stereocenters. The molecule has 3 aromatic rings. The average Bonchev–Trinajstić information content (AvgIpc) is 2.82. The lowest BCUT2D eigenvalue weighted by atomic mass is 10.2. The molecule has 106 valence electrons. The second kappa shape index (κ2) is 5.36. The first-order valence-corrected chi connectivity index (χ1v) is 6.82. The normalized spacial score (nSPS) is 10.6. The fourth-order valence-electron chi connectivity index (χ4n) is 2.06. The zero-order chi connectivity index (χ0) is 14.8. The molecular formula is C16H17N5. The molecule has 0 aliphatic heterocycles. The van der Waals surface area contributed by atoms with Crippen molar-refractivity contribution >= 4 is 11.5 Å². The van der Waals surface area contributed by atoms with Crippen molar-refractivity contribution in [2.45, 2.75) is 20.8 Å². The summed E-state index contributed by atoms with van der Waals surface area (Å²) in [5, 5.41) is 7.82. The van der Waals surface area contributed by atoms with Gasteiger partial charge in [0.05, 0.1) is 5.69 Å². The first-order valence-electron chi connectivity index (χ1n) is 6.82. The van der Waals surface area contributed by atoms with Crippen molar-refractivity contribution in [1.82, 2.24) is 19.7 Å². The maximum Gasteiger partial charge on any atom is 0.252 e. The quantitative estimate of drug-likeness (QED) is 0.799. The van der Waals surface area contributed by atoms with Gasteiger partial charge in [0.15, 0.2) is 0 Å². The maximum absolute atomic E-state index is 4.46. The lowest BCUT2D eigenvalue weighted by molar-refractivity contribution is 0.797. The molecule has 0 radical (unpaired) electrons. The highest BCUT2D eigenvalue weighted by Crippen LogP contribution is 2.20. The molecule has 1 N–H and O–H groups in total. The molecule has 0 atom stereocenters. The average molecular weight is 279 g/mol. The van der Waals surface area contributed by atoms with Crippen LogP contribution in [-0.2, 0) is 0 Å². The van der Waals surface area contributed by atoms with E-state index in [4.69, 9.17) is 0 Å². The van der Waals surface area contributed by atoms with Gasteiger partial charge in [0.25, 0.3) is 5.95 Å². The van der Waals surface area contributed by atoms with Crippen LogP contribution in [0.15, 0.2) is 42.6 Å². The minimum absolute atomic E-state index is 0.567. The van der Waals surface area contributed by atoms with Gasteiger partial charge in [-0.05, 0) is 39.0 Å². The lowest BCUT2D eigenvalue weighted by Gasteiger charge is -2.09. The number of benzene rings is 1. The molecule has 3 rings (SSSR count). The summed E-state index contributed by atoms with van der Waals surface area (Å²) in [6.07, 6.45) is 1.74. The Hall–Kier alpha value is -2.69. The molecule has 2 heterocycles. The Labute approximate surface area is 123 Å². The van der Waals surface area contributed by atoms with E-state index in [0.29, 0.717) is 5.95 Å². The molecule has 5 nitrogen and oxygen atoms in total. The number of hydrogen-bond donors (Lipinski definition) is 1. The Balaban J connectivity index is 1.98. The number of nitrogens with one attached hydrogen (secondary N) is 1. The predicted molar refractivity (Wildman–Crippen MR) is 83.1 cm³/mol. The van der Waals surface area contributed by atoms with Crippen molar-refractivity contribution < 1.29 is 0 Å². The molecule has 0 aliphatic rings. The number of aryl methyl sites for hydroxylation is 3. The predicted octanol–water partition coefficient (Wildman–Crippen LogP) is 3.33. The molecule has 21 heavy (non-hydrogen) atoms. The number of anilines is 2. The Kier molecular flexibility index (Phi) is 3.39. The van der Waals surface area contributed by atoms with E-state index >= 15 is 0 Å². The minimum Gasteiger partial charge on any atom is -0.340 e. The van der Waals surface area contributed by atoms with Crippen molar-refractivity contribution in [3.05, 3.63) is 59.5 Å². The van der Waals surface area contributed by atoms with E-state index in [1.54, 1.807) is 10.9 Å². The molecule has 2 aromatic heterocycles. The monoisotopic (exact) mass is 279 g/mol. The second-order valence-electron chi connectivity index (χ2n) is 5.07. The minimum atomic E-state index is 0.567. The summed E-state index contributed by atoms with van der Waals surface area (Å²) in [4.78, 5) is 8.71. The van der Waals surface area contributed by atoms with E-state index in [0.717, 1.165) is 22.9 Å².